The van der Waals surface area contributed by atoms with Crippen molar-refractivity contribution in [2.45, 2.75) is 97.5 Å². The van der Waals surface area contributed by atoms with Crippen LogP contribution in [0.5, 0.6) is 0 Å². The van der Waals surface area contributed by atoms with Crippen molar-refractivity contribution in [3.8, 4) is 0 Å². The van der Waals surface area contributed by atoms with E-state index in [4.69, 9.17) is 9.84 Å². The van der Waals surface area contributed by atoms with Gasteiger partial charge in [0.1, 0.15) is 11.9 Å². The van der Waals surface area contributed by atoms with Gasteiger partial charge in [0, 0.05) is 38.5 Å². The van der Waals surface area contributed by atoms with Gasteiger partial charge < -0.3 is 9.84 Å². The predicted octanol–water partition coefficient (Wildman–Crippen LogP) is 4.64. The van der Waals surface area contributed by atoms with Gasteiger partial charge in [-0.15, -0.1) is 0 Å². The summed E-state index contributed by atoms with van der Waals surface area (Å²) in [5.74, 6) is -1.04. The van der Waals surface area contributed by atoms with E-state index in [0.717, 1.165) is 38.5 Å². The predicted molar refractivity (Wildman–Crippen MR) is 108 cm³/mol. The molecule has 0 saturated heterocycles. The smallest absolute Gasteiger partial charge is 0.303 e. The van der Waals surface area contributed by atoms with Crippen molar-refractivity contribution >= 4 is 23.5 Å². The highest BCUT2D eigenvalue weighted by Crippen LogP contribution is 2.27. The Bertz CT molecular complexity index is 523. The average molecular weight is 397 g/mol. The molecule has 6 nitrogen and oxygen atoms in total. The molecule has 2 unspecified atom stereocenters. The number of rotatable bonds is 12. The summed E-state index contributed by atoms with van der Waals surface area (Å²) in [6, 6.07) is 0. The van der Waals surface area contributed by atoms with Crippen molar-refractivity contribution in [2.24, 2.45) is 5.92 Å². The summed E-state index contributed by atoms with van der Waals surface area (Å²) in [4.78, 5) is 43.9. The molecule has 0 aromatic carbocycles. The fraction of sp³-hybridized carbons (Fsp3) is 0.727. The van der Waals surface area contributed by atoms with E-state index in [0.29, 0.717) is 19.3 Å². The average Bonchev–Trinajstić information content (AvgIpc) is 2.96. The van der Waals surface area contributed by atoms with Crippen LogP contribution >= 0.6 is 0 Å². The third kappa shape index (κ3) is 14.1. The topological polar surface area (TPSA) is 97.7 Å². The minimum absolute atomic E-state index is 0.0781. The second kappa shape index (κ2) is 16.0. The Labute approximate surface area is 168 Å². The fourth-order valence-corrected chi connectivity index (χ4v) is 2.95. The lowest BCUT2D eigenvalue weighted by Crippen LogP contribution is -2.19. The molecule has 0 amide bonds. The molecule has 160 valence electrons. The van der Waals surface area contributed by atoms with Gasteiger partial charge in [-0.05, 0) is 18.9 Å². The minimum atomic E-state index is -0.675. The van der Waals surface area contributed by atoms with Crippen LogP contribution in [-0.2, 0) is 23.9 Å². The zero-order valence-electron chi connectivity index (χ0n) is 17.6. The van der Waals surface area contributed by atoms with Gasteiger partial charge in [-0.3, -0.25) is 19.2 Å². The Morgan fingerprint density at radius 2 is 1.61 bits per heavy atom. The zero-order chi connectivity index (χ0) is 21.4. The molecule has 0 spiro atoms. The number of hydrogen-bond donors (Lipinski definition) is 1. The number of unbranched alkanes of at least 4 members (excludes halogenated alkanes) is 5. The molecule has 1 rings (SSSR count). The van der Waals surface area contributed by atoms with Crippen molar-refractivity contribution in [3.05, 3.63) is 12.2 Å². The number of carboxylic acid groups (broad SMARTS) is 1. The van der Waals surface area contributed by atoms with Gasteiger partial charge in [-0.2, -0.15) is 0 Å². The van der Waals surface area contributed by atoms with E-state index < -0.39 is 12.1 Å². The van der Waals surface area contributed by atoms with Crippen molar-refractivity contribution in [1.29, 1.82) is 0 Å². The molecule has 0 radical (unpaired) electrons. The quantitative estimate of drug-likeness (QED) is 0.293. The highest BCUT2D eigenvalue weighted by atomic mass is 16.5. The molecule has 0 aliphatic heterocycles. The van der Waals surface area contributed by atoms with Crippen LogP contribution in [-0.4, -0.2) is 34.7 Å². The molecule has 0 aromatic rings. The summed E-state index contributed by atoms with van der Waals surface area (Å²) in [5, 5.41) is 8.21. The number of esters is 1. The largest absolute Gasteiger partial charge is 0.481 e. The Kier molecular flexibility index (Phi) is 14.9. The van der Waals surface area contributed by atoms with Gasteiger partial charge in [0.2, 0.25) is 0 Å². The van der Waals surface area contributed by atoms with Crippen LogP contribution in [0.15, 0.2) is 12.2 Å². The Hall–Kier alpha value is -1.98. The van der Waals surface area contributed by atoms with E-state index in [-0.39, 0.29) is 29.9 Å². The van der Waals surface area contributed by atoms with Gasteiger partial charge >= 0.3 is 11.9 Å². The second-order valence-corrected chi connectivity index (χ2v) is 7.25. The lowest BCUT2D eigenvalue weighted by molar-refractivity contribution is -0.147. The zero-order valence-corrected chi connectivity index (χ0v) is 17.6. The summed E-state index contributed by atoms with van der Waals surface area (Å²) in [6.07, 6.45) is 11.6. The van der Waals surface area contributed by atoms with Gasteiger partial charge in [-0.25, -0.2) is 0 Å². The fourth-order valence-electron chi connectivity index (χ4n) is 2.95. The Morgan fingerprint density at radius 3 is 2.18 bits per heavy atom. The molecular weight excluding hydrogens is 360 g/mol. The van der Waals surface area contributed by atoms with E-state index in [2.05, 4.69) is 13.8 Å². The molecule has 28 heavy (non-hydrogen) atoms. The molecule has 1 N–H and O–H groups in total. The number of allylic oxidation sites excluding steroid dienone is 1. The first-order valence-corrected chi connectivity index (χ1v) is 10.4. The number of ketones is 2. The monoisotopic (exact) mass is 396 g/mol. The number of ether oxygens (including phenoxy) is 1. The maximum absolute atomic E-state index is 11.6. The molecule has 0 bridgehead atoms. The van der Waals surface area contributed by atoms with E-state index in [1.807, 2.05) is 0 Å². The first-order valence-electron chi connectivity index (χ1n) is 10.4. The number of carbonyl (C=O) groups is 4. The van der Waals surface area contributed by atoms with Gasteiger partial charge in [0.05, 0.1) is 0 Å². The summed E-state index contributed by atoms with van der Waals surface area (Å²) in [5.41, 5.74) is 0. The SMILES string of the molecule is CCCCCC(=O)/C=C/C1CC(=O)CC1OC(C)=O.CCCCCCC(=O)O. The first kappa shape index (κ1) is 26.0. The molecule has 0 heterocycles. The number of Topliss-reactive ketones (excluding diaryl/α,β-unsaturated/α-hetero) is 1. The summed E-state index contributed by atoms with van der Waals surface area (Å²) >= 11 is 0. The molecule has 1 aliphatic rings. The molecule has 1 fully saturated rings. The molecule has 1 aliphatic carbocycles. The van der Waals surface area contributed by atoms with E-state index in [9.17, 15) is 19.2 Å². The van der Waals surface area contributed by atoms with Crippen LogP contribution in [0.4, 0.5) is 0 Å². The Morgan fingerprint density at radius 1 is 1.00 bits per heavy atom. The molecule has 0 aromatic heterocycles. The van der Waals surface area contributed by atoms with Crippen LogP contribution in [0.2, 0.25) is 0 Å². The molecule has 1 saturated carbocycles. The molecule has 2 atom stereocenters. The standard InChI is InChI=1S/C15H22O4.C7H14O2/c1-3-4-5-6-13(17)8-7-12-9-14(18)10-15(12)19-11(2)16;1-2-3-4-5-6-7(8)9/h7-8,12,15H,3-6,9-10H2,1-2H3;2-6H2,1H3,(H,8,9)/b8-7+;. The van der Waals surface area contributed by atoms with Crippen LogP contribution in [0.3, 0.4) is 0 Å². The van der Waals surface area contributed by atoms with Gasteiger partial charge in [-0.1, -0.05) is 52.0 Å². The lowest BCUT2D eigenvalue weighted by Gasteiger charge is -2.14. The summed E-state index contributed by atoms with van der Waals surface area (Å²) in [6.45, 7) is 5.54. The van der Waals surface area contributed by atoms with E-state index >= 15 is 0 Å². The van der Waals surface area contributed by atoms with Gasteiger partial charge in [0.25, 0.3) is 0 Å². The van der Waals surface area contributed by atoms with Crippen molar-refractivity contribution in [2.75, 3.05) is 0 Å². The normalized spacial score (nSPS) is 18.6. The maximum Gasteiger partial charge on any atom is 0.303 e. The van der Waals surface area contributed by atoms with Crippen LogP contribution < -0.4 is 0 Å². The van der Waals surface area contributed by atoms with Gasteiger partial charge in [0.15, 0.2) is 5.78 Å². The van der Waals surface area contributed by atoms with Crippen LogP contribution in [0, 0.1) is 5.92 Å². The number of aliphatic carboxylic acids is 1. The lowest BCUT2D eigenvalue weighted by atomic mass is 10.0. The Balaban J connectivity index is 0.000000684. The van der Waals surface area contributed by atoms with Crippen LogP contribution in [0.25, 0.3) is 0 Å². The second-order valence-electron chi connectivity index (χ2n) is 7.25. The summed E-state index contributed by atoms with van der Waals surface area (Å²) < 4.78 is 5.10. The van der Waals surface area contributed by atoms with E-state index in [1.54, 1.807) is 6.08 Å². The third-order valence-corrected chi connectivity index (χ3v) is 4.49. The minimum Gasteiger partial charge on any atom is -0.481 e. The molecular formula is C22H36O6. The maximum atomic E-state index is 11.6. The number of carboxylic acids is 1. The highest BCUT2D eigenvalue weighted by Gasteiger charge is 2.33. The van der Waals surface area contributed by atoms with Crippen molar-refractivity contribution in [1.82, 2.24) is 0 Å². The number of carbonyl (C=O) groups excluding carboxylic acids is 3. The summed E-state index contributed by atoms with van der Waals surface area (Å²) in [7, 11) is 0. The third-order valence-electron chi connectivity index (χ3n) is 4.49. The molecule has 6 heteroatoms. The van der Waals surface area contributed by atoms with Crippen molar-refractivity contribution in [3.63, 3.8) is 0 Å². The highest BCUT2D eigenvalue weighted by molar-refractivity contribution is 5.90. The first-order chi connectivity index (χ1) is 13.3. The van der Waals surface area contributed by atoms with Crippen molar-refractivity contribution < 1.29 is 29.0 Å². The number of hydrogen-bond acceptors (Lipinski definition) is 5. The van der Waals surface area contributed by atoms with Crippen LogP contribution in [0.1, 0.15) is 91.4 Å². The van der Waals surface area contributed by atoms with E-state index in [1.165, 1.54) is 19.4 Å².